The summed E-state index contributed by atoms with van der Waals surface area (Å²) in [5.74, 6) is 0.221. The second-order valence-electron chi connectivity index (χ2n) is 9.12. The van der Waals surface area contributed by atoms with E-state index in [1.165, 1.54) is 12.0 Å². The van der Waals surface area contributed by atoms with E-state index in [1.807, 2.05) is 54.6 Å². The molecule has 31 heavy (non-hydrogen) atoms. The summed E-state index contributed by atoms with van der Waals surface area (Å²) in [7, 11) is 0. The van der Waals surface area contributed by atoms with Gasteiger partial charge in [0.15, 0.2) is 0 Å². The van der Waals surface area contributed by atoms with Gasteiger partial charge in [-0.1, -0.05) is 68.3 Å². The molecule has 1 amide bonds. The Morgan fingerprint density at radius 1 is 0.968 bits per heavy atom. The van der Waals surface area contributed by atoms with Crippen LogP contribution in [0.5, 0.6) is 0 Å². The molecule has 1 unspecified atom stereocenters. The number of hydrogen-bond acceptors (Lipinski definition) is 5. The molecule has 6 nitrogen and oxygen atoms in total. The fourth-order valence-electron chi connectivity index (χ4n) is 3.83. The maximum atomic E-state index is 13.1. The monoisotopic (exact) mass is 418 g/mol. The van der Waals surface area contributed by atoms with Crippen LogP contribution >= 0.6 is 0 Å². The molecule has 2 heterocycles. The Morgan fingerprint density at radius 3 is 2.29 bits per heavy atom. The Kier molecular flexibility index (Phi) is 6.07. The molecule has 3 aromatic rings. The molecule has 1 N–H and O–H groups in total. The zero-order valence-corrected chi connectivity index (χ0v) is 18.5. The molecule has 1 aliphatic rings. The quantitative estimate of drug-likeness (QED) is 0.640. The van der Waals surface area contributed by atoms with Gasteiger partial charge < -0.3 is 14.6 Å². The Hall–Kier alpha value is -3.15. The van der Waals surface area contributed by atoms with Gasteiger partial charge in [0.2, 0.25) is 5.89 Å². The average Bonchev–Trinajstić information content (AvgIpc) is 3.28. The lowest BCUT2D eigenvalue weighted by atomic mass is 9.86. The van der Waals surface area contributed by atoms with Crippen LogP contribution in [0.3, 0.4) is 0 Å². The van der Waals surface area contributed by atoms with Crippen LogP contribution in [0.2, 0.25) is 0 Å². The highest BCUT2D eigenvalue weighted by Crippen LogP contribution is 2.26. The summed E-state index contributed by atoms with van der Waals surface area (Å²) in [6.45, 7) is 8.31. The number of nitrogens with one attached hydrogen (secondary N) is 1. The molecular formula is C25H30N4O2. The fourth-order valence-corrected chi connectivity index (χ4v) is 3.83. The lowest BCUT2D eigenvalue weighted by Gasteiger charge is -2.24. The molecule has 162 valence electrons. The Balaban J connectivity index is 1.58. The van der Waals surface area contributed by atoms with Crippen molar-refractivity contribution >= 4 is 11.9 Å². The zero-order valence-electron chi connectivity index (χ0n) is 18.5. The van der Waals surface area contributed by atoms with Crippen LogP contribution in [0.1, 0.15) is 73.5 Å². The standard InChI is InChI=1S/C25H30N4O2/c1-25(2,3)20-14-12-19(13-15-20)22(30)26-21(18-10-6-4-7-11-18)23-27-28-24(31-23)29-16-8-5-9-17-29/h4,6-7,10-15,21H,5,8-9,16-17H2,1-3H3,(H,26,30). The van der Waals surface area contributed by atoms with E-state index >= 15 is 0 Å². The third kappa shape index (κ3) is 4.95. The molecular weight excluding hydrogens is 388 g/mol. The first-order valence-electron chi connectivity index (χ1n) is 11.0. The number of rotatable bonds is 5. The summed E-state index contributed by atoms with van der Waals surface area (Å²) in [5.41, 5.74) is 2.73. The number of piperidine rings is 1. The maximum Gasteiger partial charge on any atom is 0.318 e. The summed E-state index contributed by atoms with van der Waals surface area (Å²) >= 11 is 0. The van der Waals surface area contributed by atoms with E-state index < -0.39 is 6.04 Å². The molecule has 0 radical (unpaired) electrons. The topological polar surface area (TPSA) is 71.3 Å². The van der Waals surface area contributed by atoms with Crippen molar-refractivity contribution < 1.29 is 9.21 Å². The van der Waals surface area contributed by atoms with Gasteiger partial charge in [0.25, 0.3) is 5.91 Å². The van der Waals surface area contributed by atoms with Crippen molar-refractivity contribution in [2.24, 2.45) is 0 Å². The van der Waals surface area contributed by atoms with Crippen LogP contribution in [0, 0.1) is 0 Å². The number of carbonyl (C=O) groups is 1. The molecule has 1 fully saturated rings. The smallest absolute Gasteiger partial charge is 0.318 e. The predicted molar refractivity (Wildman–Crippen MR) is 121 cm³/mol. The van der Waals surface area contributed by atoms with E-state index in [0.29, 0.717) is 17.5 Å². The number of aromatic nitrogens is 2. The normalized spacial score (nSPS) is 15.5. The molecule has 6 heteroatoms. The highest BCUT2D eigenvalue weighted by Gasteiger charge is 2.26. The summed E-state index contributed by atoms with van der Waals surface area (Å²) in [4.78, 5) is 15.2. The summed E-state index contributed by atoms with van der Waals surface area (Å²) in [6, 6.07) is 17.5. The molecule has 0 saturated carbocycles. The number of benzene rings is 2. The van der Waals surface area contributed by atoms with Crippen LogP contribution < -0.4 is 10.2 Å². The first-order valence-corrected chi connectivity index (χ1v) is 11.0. The van der Waals surface area contributed by atoms with Crippen molar-refractivity contribution in [3.8, 4) is 0 Å². The minimum absolute atomic E-state index is 0.0379. The van der Waals surface area contributed by atoms with E-state index in [4.69, 9.17) is 4.42 Å². The van der Waals surface area contributed by atoms with Crippen LogP contribution in [0.4, 0.5) is 6.01 Å². The van der Waals surface area contributed by atoms with E-state index in [1.54, 1.807) is 0 Å². The van der Waals surface area contributed by atoms with Crippen molar-refractivity contribution in [3.63, 3.8) is 0 Å². The highest BCUT2D eigenvalue weighted by atomic mass is 16.4. The zero-order chi connectivity index (χ0) is 21.8. The Bertz CT molecular complexity index is 1000. The van der Waals surface area contributed by atoms with Crippen LogP contribution in [0.25, 0.3) is 0 Å². The molecule has 2 aromatic carbocycles. The van der Waals surface area contributed by atoms with Crippen molar-refractivity contribution in [2.45, 2.75) is 51.5 Å². The molecule has 1 atom stereocenters. The average molecular weight is 419 g/mol. The molecule has 1 saturated heterocycles. The highest BCUT2D eigenvalue weighted by molar-refractivity contribution is 5.94. The number of carbonyl (C=O) groups excluding carboxylic acids is 1. The van der Waals surface area contributed by atoms with Crippen molar-refractivity contribution in [1.82, 2.24) is 15.5 Å². The number of amides is 1. The first-order chi connectivity index (χ1) is 14.9. The fraction of sp³-hybridized carbons (Fsp3) is 0.400. The van der Waals surface area contributed by atoms with Crippen molar-refractivity contribution in [2.75, 3.05) is 18.0 Å². The molecule has 1 aliphatic heterocycles. The predicted octanol–water partition coefficient (Wildman–Crippen LogP) is 4.88. The lowest BCUT2D eigenvalue weighted by Crippen LogP contribution is -2.30. The lowest BCUT2D eigenvalue weighted by molar-refractivity contribution is 0.0938. The Labute approximate surface area is 183 Å². The minimum atomic E-state index is -0.512. The molecule has 4 rings (SSSR count). The van der Waals surface area contributed by atoms with Gasteiger partial charge in [0.05, 0.1) is 0 Å². The van der Waals surface area contributed by atoms with Gasteiger partial charge in [-0.2, -0.15) is 0 Å². The van der Waals surface area contributed by atoms with Crippen LogP contribution in [-0.4, -0.2) is 29.2 Å². The number of hydrogen-bond donors (Lipinski definition) is 1. The summed E-state index contributed by atoms with van der Waals surface area (Å²) in [5, 5.41) is 11.6. The summed E-state index contributed by atoms with van der Waals surface area (Å²) < 4.78 is 6.03. The SMILES string of the molecule is CC(C)(C)c1ccc(C(=O)NC(c2ccccc2)c2nnc(N3CCCCC3)o2)cc1. The van der Waals surface area contributed by atoms with Crippen LogP contribution in [-0.2, 0) is 5.41 Å². The van der Waals surface area contributed by atoms with Gasteiger partial charge in [-0.25, -0.2) is 0 Å². The third-order valence-electron chi connectivity index (χ3n) is 5.72. The molecule has 0 spiro atoms. The van der Waals surface area contributed by atoms with E-state index in [9.17, 15) is 4.79 Å². The van der Waals surface area contributed by atoms with Gasteiger partial charge in [-0.05, 0) is 47.9 Å². The largest absolute Gasteiger partial charge is 0.405 e. The van der Waals surface area contributed by atoms with Gasteiger partial charge in [0, 0.05) is 18.7 Å². The second kappa shape index (κ2) is 8.92. The molecule has 1 aromatic heterocycles. The molecule has 0 aliphatic carbocycles. The first kappa shape index (κ1) is 21.1. The van der Waals surface area contributed by atoms with Crippen molar-refractivity contribution in [1.29, 1.82) is 0 Å². The minimum Gasteiger partial charge on any atom is -0.405 e. The Morgan fingerprint density at radius 2 is 1.65 bits per heavy atom. The third-order valence-corrected chi connectivity index (χ3v) is 5.72. The van der Waals surface area contributed by atoms with E-state index in [0.717, 1.165) is 31.5 Å². The summed E-state index contributed by atoms with van der Waals surface area (Å²) in [6.07, 6.45) is 3.48. The van der Waals surface area contributed by atoms with E-state index in [2.05, 4.69) is 41.2 Å². The van der Waals surface area contributed by atoms with Gasteiger partial charge in [-0.15, -0.1) is 5.10 Å². The van der Waals surface area contributed by atoms with Gasteiger partial charge >= 0.3 is 6.01 Å². The molecule has 0 bridgehead atoms. The number of nitrogens with zero attached hydrogens (tertiary/aromatic N) is 3. The second-order valence-corrected chi connectivity index (χ2v) is 9.12. The van der Waals surface area contributed by atoms with Crippen molar-refractivity contribution in [3.05, 3.63) is 77.2 Å². The van der Waals surface area contributed by atoms with Crippen LogP contribution in [0.15, 0.2) is 59.0 Å². The van der Waals surface area contributed by atoms with Gasteiger partial charge in [-0.3, -0.25) is 4.79 Å². The number of anilines is 1. The maximum absolute atomic E-state index is 13.1. The van der Waals surface area contributed by atoms with E-state index in [-0.39, 0.29) is 11.3 Å². The van der Waals surface area contributed by atoms with Gasteiger partial charge in [0.1, 0.15) is 6.04 Å².